The molecule has 4 heteroatoms. The van der Waals surface area contributed by atoms with Gasteiger partial charge in [-0.1, -0.05) is 12.2 Å². The molecular formula is C16H20N4. The molecule has 3 rings (SSSR count). The first-order valence-electron chi connectivity index (χ1n) is 7.21. The molecule has 2 heterocycles. The second-order valence-electron chi connectivity index (χ2n) is 5.27. The third-order valence-corrected chi connectivity index (χ3v) is 3.72. The van der Waals surface area contributed by atoms with Gasteiger partial charge in [-0.15, -0.1) is 0 Å². The van der Waals surface area contributed by atoms with Gasteiger partial charge in [0.05, 0.1) is 0 Å². The van der Waals surface area contributed by atoms with Crippen molar-refractivity contribution in [2.24, 2.45) is 5.92 Å². The monoisotopic (exact) mass is 268 g/mol. The van der Waals surface area contributed by atoms with E-state index in [1.54, 1.807) is 12.5 Å². The van der Waals surface area contributed by atoms with Crippen LogP contribution in [0.2, 0.25) is 0 Å². The van der Waals surface area contributed by atoms with Crippen molar-refractivity contribution in [3.63, 3.8) is 0 Å². The van der Waals surface area contributed by atoms with Crippen molar-refractivity contribution < 1.29 is 0 Å². The molecule has 1 unspecified atom stereocenters. The smallest absolute Gasteiger partial charge is 0.138 e. The summed E-state index contributed by atoms with van der Waals surface area (Å²) in [6.07, 6.45) is 15.6. The summed E-state index contributed by atoms with van der Waals surface area (Å²) in [5, 5.41) is 3.56. The Kier molecular flexibility index (Phi) is 4.23. The van der Waals surface area contributed by atoms with Gasteiger partial charge >= 0.3 is 0 Å². The van der Waals surface area contributed by atoms with Gasteiger partial charge in [-0.25, -0.2) is 9.97 Å². The van der Waals surface area contributed by atoms with Gasteiger partial charge in [-0.05, 0) is 49.4 Å². The van der Waals surface area contributed by atoms with Gasteiger partial charge in [0.1, 0.15) is 12.1 Å². The van der Waals surface area contributed by atoms with E-state index in [1.165, 1.54) is 24.8 Å². The largest absolute Gasteiger partial charge is 0.312 e. The third kappa shape index (κ3) is 3.33. The highest BCUT2D eigenvalue weighted by atomic mass is 15.1. The van der Waals surface area contributed by atoms with Gasteiger partial charge in [-0.3, -0.25) is 4.57 Å². The molecule has 20 heavy (non-hydrogen) atoms. The van der Waals surface area contributed by atoms with Gasteiger partial charge in [0.25, 0.3) is 0 Å². The molecule has 0 aromatic carbocycles. The van der Waals surface area contributed by atoms with Crippen LogP contribution in [0, 0.1) is 5.92 Å². The van der Waals surface area contributed by atoms with Crippen LogP contribution in [0.15, 0.2) is 49.2 Å². The molecule has 0 saturated heterocycles. The number of hydrogen-bond acceptors (Lipinski definition) is 3. The quantitative estimate of drug-likeness (QED) is 0.848. The number of pyridine rings is 1. The third-order valence-electron chi connectivity index (χ3n) is 3.72. The fraction of sp³-hybridized carbons (Fsp3) is 0.375. The lowest BCUT2D eigenvalue weighted by Crippen LogP contribution is -2.23. The Morgan fingerprint density at radius 3 is 3.10 bits per heavy atom. The molecule has 0 fully saturated rings. The Labute approximate surface area is 119 Å². The minimum absolute atomic E-state index is 0.787. The summed E-state index contributed by atoms with van der Waals surface area (Å²) in [5.74, 6) is 1.71. The van der Waals surface area contributed by atoms with Crippen LogP contribution in [-0.2, 0) is 6.54 Å². The van der Waals surface area contributed by atoms with E-state index < -0.39 is 0 Å². The summed E-state index contributed by atoms with van der Waals surface area (Å²) in [4.78, 5) is 8.42. The second-order valence-corrected chi connectivity index (χ2v) is 5.27. The van der Waals surface area contributed by atoms with Crippen molar-refractivity contribution in [2.75, 3.05) is 6.54 Å². The van der Waals surface area contributed by atoms with Crippen molar-refractivity contribution in [2.45, 2.75) is 25.8 Å². The lowest BCUT2D eigenvalue weighted by atomic mass is 9.94. The van der Waals surface area contributed by atoms with E-state index in [4.69, 9.17) is 0 Å². The van der Waals surface area contributed by atoms with Crippen molar-refractivity contribution >= 4 is 0 Å². The molecule has 1 N–H and O–H groups in total. The summed E-state index contributed by atoms with van der Waals surface area (Å²) in [6.45, 7) is 1.98. The van der Waals surface area contributed by atoms with Crippen LogP contribution in [0.3, 0.4) is 0 Å². The molecule has 0 spiro atoms. The molecule has 0 radical (unpaired) electrons. The second kappa shape index (κ2) is 6.48. The number of rotatable bonds is 5. The first-order valence-corrected chi connectivity index (χ1v) is 7.21. The Hall–Kier alpha value is -1.94. The molecule has 1 aliphatic rings. The van der Waals surface area contributed by atoms with E-state index in [0.717, 1.165) is 24.8 Å². The number of imidazole rings is 1. The van der Waals surface area contributed by atoms with Crippen LogP contribution in [0.4, 0.5) is 0 Å². The van der Waals surface area contributed by atoms with Crippen LogP contribution < -0.4 is 5.32 Å². The molecule has 0 amide bonds. The van der Waals surface area contributed by atoms with Crippen molar-refractivity contribution in [1.29, 1.82) is 0 Å². The molecule has 1 aliphatic carbocycles. The molecule has 1 atom stereocenters. The predicted octanol–water partition coefficient (Wildman–Crippen LogP) is 2.71. The zero-order chi connectivity index (χ0) is 13.6. The number of hydrogen-bond donors (Lipinski definition) is 1. The normalized spacial score (nSPS) is 18.3. The van der Waals surface area contributed by atoms with E-state index >= 15 is 0 Å². The SMILES string of the molecule is C1=CCC(CNCc2ccnc(-n3ccnc3)c2)CC1. The van der Waals surface area contributed by atoms with Crippen molar-refractivity contribution in [1.82, 2.24) is 19.9 Å². The van der Waals surface area contributed by atoms with Crippen molar-refractivity contribution in [3.8, 4) is 5.82 Å². The van der Waals surface area contributed by atoms with Crippen LogP contribution >= 0.6 is 0 Å². The molecule has 2 aromatic heterocycles. The Balaban J connectivity index is 1.55. The van der Waals surface area contributed by atoms with Crippen LogP contribution in [-0.4, -0.2) is 21.1 Å². The summed E-state index contributed by atoms with van der Waals surface area (Å²) >= 11 is 0. The Bertz CT molecular complexity index is 560. The molecule has 4 nitrogen and oxygen atoms in total. The molecule has 104 valence electrons. The van der Waals surface area contributed by atoms with Gasteiger partial charge in [0.2, 0.25) is 0 Å². The van der Waals surface area contributed by atoms with Gasteiger partial charge in [0.15, 0.2) is 0 Å². The van der Waals surface area contributed by atoms with E-state index in [2.05, 4.69) is 39.6 Å². The lowest BCUT2D eigenvalue weighted by Gasteiger charge is -2.18. The van der Waals surface area contributed by atoms with Gasteiger partial charge in [-0.2, -0.15) is 0 Å². The molecular weight excluding hydrogens is 248 g/mol. The fourth-order valence-corrected chi connectivity index (χ4v) is 2.57. The summed E-state index contributed by atoms with van der Waals surface area (Å²) < 4.78 is 1.93. The minimum atomic E-state index is 0.787. The summed E-state index contributed by atoms with van der Waals surface area (Å²) in [7, 11) is 0. The zero-order valence-corrected chi connectivity index (χ0v) is 11.6. The highest BCUT2D eigenvalue weighted by Gasteiger charge is 2.09. The summed E-state index contributed by atoms with van der Waals surface area (Å²) in [5.41, 5.74) is 1.26. The average Bonchev–Trinajstić information content (AvgIpc) is 3.03. The molecule has 0 saturated carbocycles. The van der Waals surface area contributed by atoms with E-state index in [1.807, 2.05) is 17.0 Å². The molecule has 0 aliphatic heterocycles. The Morgan fingerprint density at radius 2 is 2.30 bits per heavy atom. The minimum Gasteiger partial charge on any atom is -0.312 e. The fourth-order valence-electron chi connectivity index (χ4n) is 2.57. The standard InChI is InChI=1S/C16H20N4/c1-2-4-14(5-3-1)11-18-12-15-6-7-19-16(10-15)20-9-8-17-13-20/h1-2,6-10,13-14,18H,3-5,11-12H2. The van der Waals surface area contributed by atoms with Gasteiger partial charge < -0.3 is 5.32 Å². The number of nitrogens with one attached hydrogen (secondary N) is 1. The maximum Gasteiger partial charge on any atom is 0.138 e. The van der Waals surface area contributed by atoms with Crippen LogP contribution in [0.25, 0.3) is 5.82 Å². The van der Waals surface area contributed by atoms with E-state index in [-0.39, 0.29) is 0 Å². The van der Waals surface area contributed by atoms with Gasteiger partial charge in [0, 0.05) is 25.1 Å². The van der Waals surface area contributed by atoms with E-state index in [9.17, 15) is 0 Å². The average molecular weight is 268 g/mol. The predicted molar refractivity (Wildman–Crippen MR) is 79.5 cm³/mol. The first kappa shape index (κ1) is 13.1. The van der Waals surface area contributed by atoms with Crippen molar-refractivity contribution in [3.05, 3.63) is 54.8 Å². The Morgan fingerprint density at radius 1 is 1.30 bits per heavy atom. The topological polar surface area (TPSA) is 42.7 Å². The highest BCUT2D eigenvalue weighted by Crippen LogP contribution is 2.17. The summed E-state index contributed by atoms with van der Waals surface area (Å²) in [6, 6.07) is 4.17. The van der Waals surface area contributed by atoms with Crippen LogP contribution in [0.5, 0.6) is 0 Å². The van der Waals surface area contributed by atoms with E-state index in [0.29, 0.717) is 0 Å². The number of aromatic nitrogens is 3. The molecule has 0 bridgehead atoms. The first-order chi connectivity index (χ1) is 9.92. The number of nitrogens with zero attached hydrogens (tertiary/aromatic N) is 3. The maximum absolute atomic E-state index is 4.37. The van der Waals surface area contributed by atoms with Crippen LogP contribution in [0.1, 0.15) is 24.8 Å². The maximum atomic E-state index is 4.37. The zero-order valence-electron chi connectivity index (χ0n) is 11.6. The highest BCUT2D eigenvalue weighted by molar-refractivity contribution is 5.27. The lowest BCUT2D eigenvalue weighted by molar-refractivity contribution is 0.440. The number of allylic oxidation sites excluding steroid dienone is 2. The molecule has 2 aromatic rings.